The molecular formula is C16H30N2O4. The Balaban J connectivity index is 3.50. The van der Waals surface area contributed by atoms with E-state index in [1.165, 1.54) is 19.3 Å². The van der Waals surface area contributed by atoms with Gasteiger partial charge in [0.15, 0.2) is 0 Å². The lowest BCUT2D eigenvalue weighted by Gasteiger charge is -2.01. The number of rotatable bonds is 12. The maximum absolute atomic E-state index is 11.2. The first-order chi connectivity index (χ1) is 10.7. The molecule has 0 radical (unpaired) electrons. The maximum atomic E-state index is 11.2. The van der Waals surface area contributed by atoms with Gasteiger partial charge in [-0.3, -0.25) is 0 Å². The smallest absolute Gasteiger partial charge is 0.447 e. The first-order valence-electron chi connectivity index (χ1n) is 8.46. The van der Waals surface area contributed by atoms with Crippen LogP contribution in [0.4, 0.5) is 9.59 Å². The second-order valence-corrected chi connectivity index (χ2v) is 5.26. The zero-order valence-electron chi connectivity index (χ0n) is 14.0. The predicted octanol–water partition coefficient (Wildman–Crippen LogP) is 5.65. The summed E-state index contributed by atoms with van der Waals surface area (Å²) in [5.74, 6) is 0. The van der Waals surface area contributed by atoms with Crippen molar-refractivity contribution in [2.45, 2.75) is 78.1 Å². The molecule has 0 aliphatic heterocycles. The van der Waals surface area contributed by atoms with Gasteiger partial charge in [0.1, 0.15) is 0 Å². The lowest BCUT2D eigenvalue weighted by molar-refractivity contribution is 0.143. The van der Waals surface area contributed by atoms with Crippen molar-refractivity contribution in [2.75, 3.05) is 13.2 Å². The second-order valence-electron chi connectivity index (χ2n) is 5.26. The highest BCUT2D eigenvalue weighted by Crippen LogP contribution is 2.05. The maximum Gasteiger partial charge on any atom is 0.452 e. The molecule has 0 bridgehead atoms. The fourth-order valence-corrected chi connectivity index (χ4v) is 1.87. The quantitative estimate of drug-likeness (QED) is 0.344. The molecule has 2 amide bonds. The molecule has 0 heterocycles. The third-order valence-electron chi connectivity index (χ3n) is 3.16. The minimum absolute atomic E-state index is 0.310. The Bertz CT molecular complexity index is 319. The van der Waals surface area contributed by atoms with Crippen molar-refractivity contribution in [1.29, 1.82) is 0 Å². The predicted molar refractivity (Wildman–Crippen MR) is 85.1 cm³/mol. The monoisotopic (exact) mass is 314 g/mol. The van der Waals surface area contributed by atoms with Crippen LogP contribution >= 0.6 is 0 Å². The number of ether oxygens (including phenoxy) is 2. The van der Waals surface area contributed by atoms with Crippen LogP contribution in [0.2, 0.25) is 0 Å². The first-order valence-corrected chi connectivity index (χ1v) is 8.46. The lowest BCUT2D eigenvalue weighted by Crippen LogP contribution is -2.03. The summed E-state index contributed by atoms with van der Waals surface area (Å²) in [6.07, 6.45) is 9.05. The van der Waals surface area contributed by atoms with Crippen LogP contribution in [-0.4, -0.2) is 25.4 Å². The van der Waals surface area contributed by atoms with Gasteiger partial charge in [0, 0.05) is 0 Å². The van der Waals surface area contributed by atoms with Gasteiger partial charge in [-0.15, -0.1) is 0 Å². The number of azo groups is 1. The molecule has 0 spiro atoms. The third kappa shape index (κ3) is 14.9. The van der Waals surface area contributed by atoms with E-state index in [2.05, 4.69) is 24.1 Å². The molecule has 6 heteroatoms. The Hall–Kier alpha value is -1.46. The van der Waals surface area contributed by atoms with Gasteiger partial charge in [-0.1, -0.05) is 75.4 Å². The molecule has 0 atom stereocenters. The van der Waals surface area contributed by atoms with Crippen LogP contribution in [0.5, 0.6) is 0 Å². The van der Waals surface area contributed by atoms with E-state index in [-0.39, 0.29) is 0 Å². The number of hydrogen-bond acceptors (Lipinski definition) is 4. The van der Waals surface area contributed by atoms with Crippen molar-refractivity contribution in [3.05, 3.63) is 0 Å². The molecule has 0 saturated carbocycles. The van der Waals surface area contributed by atoms with Crippen molar-refractivity contribution in [3.8, 4) is 0 Å². The summed E-state index contributed by atoms with van der Waals surface area (Å²) >= 11 is 0. The normalized spacial score (nSPS) is 10.8. The lowest BCUT2D eigenvalue weighted by atomic mass is 10.1. The Morgan fingerprint density at radius 1 is 0.636 bits per heavy atom. The number of amides is 2. The molecule has 22 heavy (non-hydrogen) atoms. The molecule has 128 valence electrons. The zero-order valence-corrected chi connectivity index (χ0v) is 14.0. The molecule has 0 fully saturated rings. The van der Waals surface area contributed by atoms with E-state index in [0.717, 1.165) is 44.9 Å². The molecule has 0 unspecified atom stereocenters. The minimum atomic E-state index is -0.840. The molecule has 0 aromatic carbocycles. The van der Waals surface area contributed by atoms with Crippen LogP contribution in [0.15, 0.2) is 10.2 Å². The highest BCUT2D eigenvalue weighted by molar-refractivity contribution is 5.73. The van der Waals surface area contributed by atoms with Gasteiger partial charge in [-0.2, -0.15) is 0 Å². The van der Waals surface area contributed by atoms with Crippen LogP contribution in [-0.2, 0) is 9.47 Å². The van der Waals surface area contributed by atoms with Crippen molar-refractivity contribution in [2.24, 2.45) is 10.2 Å². The highest BCUT2D eigenvalue weighted by atomic mass is 16.6. The largest absolute Gasteiger partial charge is 0.452 e. The Morgan fingerprint density at radius 3 is 1.45 bits per heavy atom. The molecule has 0 aromatic rings. The van der Waals surface area contributed by atoms with E-state index in [1.807, 2.05) is 0 Å². The van der Waals surface area contributed by atoms with Gasteiger partial charge in [-0.05, 0) is 12.8 Å². The Kier molecular flexibility index (Phi) is 14.9. The molecule has 0 aromatic heterocycles. The molecule has 0 aliphatic carbocycles. The van der Waals surface area contributed by atoms with Crippen LogP contribution < -0.4 is 0 Å². The van der Waals surface area contributed by atoms with Crippen LogP contribution in [0.25, 0.3) is 0 Å². The summed E-state index contributed by atoms with van der Waals surface area (Å²) in [6.45, 7) is 4.90. The topological polar surface area (TPSA) is 77.3 Å². The Labute approximate surface area is 133 Å². The van der Waals surface area contributed by atoms with Crippen molar-refractivity contribution in [1.82, 2.24) is 0 Å². The summed E-state index contributed by atoms with van der Waals surface area (Å²) in [5, 5.41) is 6.35. The molecular weight excluding hydrogens is 284 g/mol. The molecule has 0 rings (SSSR count). The van der Waals surface area contributed by atoms with Gasteiger partial charge < -0.3 is 9.47 Å². The van der Waals surface area contributed by atoms with Gasteiger partial charge >= 0.3 is 12.2 Å². The number of carbonyl (C=O) groups excluding carboxylic acids is 2. The SMILES string of the molecule is CCCCCCCCOC(=O)N=NC(=O)OCCCCCC. The second kappa shape index (κ2) is 15.9. The van der Waals surface area contributed by atoms with Crippen molar-refractivity contribution in [3.63, 3.8) is 0 Å². The average molecular weight is 314 g/mol. The van der Waals surface area contributed by atoms with Gasteiger partial charge in [0.2, 0.25) is 0 Å². The van der Waals surface area contributed by atoms with E-state index in [0.29, 0.717) is 13.2 Å². The third-order valence-corrected chi connectivity index (χ3v) is 3.16. The Morgan fingerprint density at radius 2 is 1.00 bits per heavy atom. The van der Waals surface area contributed by atoms with E-state index >= 15 is 0 Å². The minimum Gasteiger partial charge on any atom is -0.447 e. The highest BCUT2D eigenvalue weighted by Gasteiger charge is 2.03. The summed E-state index contributed by atoms with van der Waals surface area (Å²) < 4.78 is 9.66. The fourth-order valence-electron chi connectivity index (χ4n) is 1.87. The number of hydrogen-bond donors (Lipinski definition) is 0. The van der Waals surface area contributed by atoms with Crippen LogP contribution in [0.3, 0.4) is 0 Å². The molecule has 0 N–H and O–H groups in total. The number of unbranched alkanes of at least 4 members (excludes halogenated alkanes) is 8. The zero-order chi connectivity index (χ0) is 16.5. The number of nitrogens with zero attached hydrogens (tertiary/aromatic N) is 2. The standard InChI is InChI=1S/C16H30N2O4/c1-3-5-7-9-10-12-14-22-16(20)18-17-15(19)21-13-11-8-6-4-2/h3-14H2,1-2H3. The fraction of sp³-hybridized carbons (Fsp3) is 0.875. The summed E-state index contributed by atoms with van der Waals surface area (Å²) in [6, 6.07) is 0. The summed E-state index contributed by atoms with van der Waals surface area (Å²) in [5.41, 5.74) is 0. The van der Waals surface area contributed by atoms with Gasteiger partial charge in [0.25, 0.3) is 0 Å². The first kappa shape index (κ1) is 20.5. The van der Waals surface area contributed by atoms with Gasteiger partial charge in [0.05, 0.1) is 13.2 Å². The van der Waals surface area contributed by atoms with Crippen molar-refractivity contribution < 1.29 is 19.1 Å². The van der Waals surface area contributed by atoms with Crippen LogP contribution in [0.1, 0.15) is 78.1 Å². The van der Waals surface area contributed by atoms with E-state index in [9.17, 15) is 9.59 Å². The van der Waals surface area contributed by atoms with Crippen molar-refractivity contribution >= 4 is 12.2 Å². The average Bonchev–Trinajstić information content (AvgIpc) is 2.52. The van der Waals surface area contributed by atoms with E-state index in [4.69, 9.17) is 9.47 Å². The van der Waals surface area contributed by atoms with Crippen LogP contribution in [0, 0.1) is 0 Å². The molecule has 0 aliphatic rings. The summed E-state index contributed by atoms with van der Waals surface area (Å²) in [7, 11) is 0. The number of carbonyl (C=O) groups is 2. The van der Waals surface area contributed by atoms with Gasteiger partial charge in [-0.25, -0.2) is 9.59 Å². The summed E-state index contributed by atoms with van der Waals surface area (Å²) in [4.78, 5) is 22.4. The molecule has 6 nitrogen and oxygen atoms in total. The molecule has 0 saturated heterocycles. The van der Waals surface area contributed by atoms with E-state index in [1.54, 1.807) is 0 Å². The van der Waals surface area contributed by atoms with E-state index < -0.39 is 12.2 Å².